The van der Waals surface area contributed by atoms with Gasteiger partial charge in [0.15, 0.2) is 0 Å². The van der Waals surface area contributed by atoms with Crippen molar-refractivity contribution in [2.45, 2.75) is 44.2 Å². The first kappa shape index (κ1) is 21.3. The van der Waals surface area contributed by atoms with E-state index in [1.165, 1.54) is 18.6 Å². The monoisotopic (exact) mass is 419 g/mol. The van der Waals surface area contributed by atoms with Crippen LogP contribution < -0.4 is 11.1 Å². The first-order valence-electron chi connectivity index (χ1n) is 9.77. The highest BCUT2D eigenvalue weighted by Gasteiger charge is 2.40. The average molecular weight is 420 g/mol. The number of aromatic nitrogens is 2. The molecule has 2 fully saturated rings. The molecule has 0 radical (unpaired) electrons. The van der Waals surface area contributed by atoms with Crippen LogP contribution in [-0.2, 0) is 7.05 Å². The van der Waals surface area contributed by atoms with Gasteiger partial charge in [0.1, 0.15) is 5.69 Å². The number of fused-ring (bicyclic) bond motifs is 2. The van der Waals surface area contributed by atoms with Crippen molar-refractivity contribution in [3.05, 3.63) is 46.1 Å². The summed E-state index contributed by atoms with van der Waals surface area (Å²) in [6.45, 7) is 0. The molecule has 2 aliphatic rings. The minimum absolute atomic E-state index is 0. The molecule has 4 rings (SSSR count). The maximum absolute atomic E-state index is 13.1. The predicted molar refractivity (Wildman–Crippen MR) is 112 cm³/mol. The molecule has 29 heavy (non-hydrogen) atoms. The van der Waals surface area contributed by atoms with Crippen LogP contribution in [0.2, 0.25) is 0 Å². The number of halogens is 1. The van der Waals surface area contributed by atoms with Gasteiger partial charge in [-0.3, -0.25) is 19.6 Å². The van der Waals surface area contributed by atoms with Crippen LogP contribution in [0, 0.1) is 22.0 Å². The molecule has 1 amide bonds. The van der Waals surface area contributed by atoms with Gasteiger partial charge in [-0.15, -0.1) is 12.4 Å². The molecule has 1 aromatic carbocycles. The van der Waals surface area contributed by atoms with Gasteiger partial charge in [-0.1, -0.05) is 6.42 Å². The third-order valence-electron chi connectivity index (χ3n) is 6.10. The molecular formula is C20H26ClN5O3. The summed E-state index contributed by atoms with van der Waals surface area (Å²) in [4.78, 5) is 23.5. The lowest BCUT2D eigenvalue weighted by Gasteiger charge is -2.45. The van der Waals surface area contributed by atoms with E-state index in [2.05, 4.69) is 10.4 Å². The number of benzene rings is 1. The van der Waals surface area contributed by atoms with Gasteiger partial charge in [-0.05, 0) is 49.7 Å². The number of hydrogen-bond donors (Lipinski definition) is 2. The fourth-order valence-electron chi connectivity index (χ4n) is 4.86. The van der Waals surface area contributed by atoms with E-state index in [-0.39, 0.29) is 36.1 Å². The molecule has 3 N–H and O–H groups in total. The zero-order valence-electron chi connectivity index (χ0n) is 16.3. The molecule has 2 saturated carbocycles. The number of carbonyl (C=O) groups is 1. The second kappa shape index (κ2) is 8.51. The molecule has 156 valence electrons. The molecule has 2 unspecified atom stereocenters. The van der Waals surface area contributed by atoms with Crippen molar-refractivity contribution in [2.75, 3.05) is 0 Å². The van der Waals surface area contributed by atoms with Crippen LogP contribution >= 0.6 is 12.4 Å². The molecule has 8 nitrogen and oxygen atoms in total. The van der Waals surface area contributed by atoms with Gasteiger partial charge in [-0.2, -0.15) is 5.10 Å². The minimum Gasteiger partial charge on any atom is -0.349 e. The van der Waals surface area contributed by atoms with E-state index >= 15 is 0 Å². The van der Waals surface area contributed by atoms with Crippen LogP contribution in [-0.4, -0.2) is 32.7 Å². The van der Waals surface area contributed by atoms with Crippen molar-refractivity contribution < 1.29 is 9.72 Å². The Balaban J connectivity index is 0.00000240. The lowest BCUT2D eigenvalue weighted by atomic mass is 9.67. The number of hydrogen-bond acceptors (Lipinski definition) is 5. The molecule has 1 heterocycles. The normalized spacial score (nSPS) is 25.7. The number of nitrogens with two attached hydrogens (primary N) is 1. The fraction of sp³-hybridized carbons (Fsp3) is 0.500. The van der Waals surface area contributed by atoms with Gasteiger partial charge >= 0.3 is 0 Å². The number of nitro benzene ring substituents is 1. The van der Waals surface area contributed by atoms with Crippen LogP contribution in [0.1, 0.15) is 42.5 Å². The quantitative estimate of drug-likeness (QED) is 0.583. The number of carbonyl (C=O) groups excluding carboxylic acids is 1. The van der Waals surface area contributed by atoms with Crippen molar-refractivity contribution >= 4 is 24.0 Å². The molecule has 2 bridgehead atoms. The van der Waals surface area contributed by atoms with Crippen LogP contribution in [0.4, 0.5) is 5.69 Å². The van der Waals surface area contributed by atoms with Gasteiger partial charge < -0.3 is 11.1 Å². The van der Waals surface area contributed by atoms with Crippen molar-refractivity contribution in [2.24, 2.45) is 24.6 Å². The second-order valence-electron chi connectivity index (χ2n) is 8.05. The van der Waals surface area contributed by atoms with Crippen LogP contribution in [0.25, 0.3) is 11.3 Å². The second-order valence-corrected chi connectivity index (χ2v) is 8.05. The van der Waals surface area contributed by atoms with Gasteiger partial charge in [0.25, 0.3) is 11.6 Å². The van der Waals surface area contributed by atoms with E-state index in [0.717, 1.165) is 25.7 Å². The topological polar surface area (TPSA) is 116 Å². The average Bonchev–Trinajstić information content (AvgIpc) is 3.04. The van der Waals surface area contributed by atoms with E-state index < -0.39 is 4.92 Å². The van der Waals surface area contributed by atoms with Crippen LogP contribution in [0.3, 0.4) is 0 Å². The highest BCUT2D eigenvalue weighted by Crippen LogP contribution is 2.40. The number of nitrogens with one attached hydrogen (secondary N) is 1. The third kappa shape index (κ3) is 4.28. The molecule has 0 saturated heterocycles. The molecular weight excluding hydrogens is 394 g/mol. The number of rotatable bonds is 4. The fourth-order valence-corrected chi connectivity index (χ4v) is 4.86. The van der Waals surface area contributed by atoms with Crippen LogP contribution in [0.5, 0.6) is 0 Å². The summed E-state index contributed by atoms with van der Waals surface area (Å²) in [6.07, 6.45) is 7.05. The van der Waals surface area contributed by atoms with Gasteiger partial charge in [-0.25, -0.2) is 0 Å². The summed E-state index contributed by atoms with van der Waals surface area (Å²) in [7, 11) is 1.76. The van der Waals surface area contributed by atoms with E-state index in [9.17, 15) is 14.9 Å². The molecule has 0 spiro atoms. The third-order valence-corrected chi connectivity index (χ3v) is 6.10. The Bertz CT molecular complexity index is 884. The highest BCUT2D eigenvalue weighted by atomic mass is 35.5. The smallest absolute Gasteiger partial charge is 0.269 e. The number of non-ortho nitro benzene ring substituents is 1. The highest BCUT2D eigenvalue weighted by molar-refractivity contribution is 6.00. The number of nitro groups is 1. The van der Waals surface area contributed by atoms with Crippen molar-refractivity contribution in [3.63, 3.8) is 0 Å². The first-order chi connectivity index (χ1) is 13.4. The molecule has 2 aromatic rings. The standard InChI is InChI=1S/C20H25N5O3.ClH/c1-24-11-17(19(23-24)12-5-7-16(8-6-12)25(27)28)20(26)22-18-13-3-2-4-14(18)10-15(21)9-13;/h5-8,11,13-15,18H,2-4,9-10,21H2,1H3,(H,22,26);1H. The number of aryl methyl sites for hydroxylation is 1. The maximum Gasteiger partial charge on any atom is 0.269 e. The summed E-state index contributed by atoms with van der Waals surface area (Å²) < 4.78 is 1.60. The molecule has 9 heteroatoms. The van der Waals surface area contributed by atoms with Gasteiger partial charge in [0.05, 0.1) is 10.5 Å². The summed E-state index contributed by atoms with van der Waals surface area (Å²) in [5, 5.41) is 18.6. The van der Waals surface area contributed by atoms with Crippen molar-refractivity contribution in [3.8, 4) is 11.3 Å². The number of amides is 1. The van der Waals surface area contributed by atoms with E-state index in [0.29, 0.717) is 28.7 Å². The zero-order valence-corrected chi connectivity index (χ0v) is 17.1. The molecule has 1 aromatic heterocycles. The van der Waals surface area contributed by atoms with Gasteiger partial charge in [0, 0.05) is 43.0 Å². The van der Waals surface area contributed by atoms with Crippen molar-refractivity contribution in [1.82, 2.24) is 15.1 Å². The first-order valence-corrected chi connectivity index (χ1v) is 9.77. The Kier molecular flexibility index (Phi) is 6.24. The number of nitrogens with zero attached hydrogens (tertiary/aromatic N) is 3. The lowest BCUT2D eigenvalue weighted by molar-refractivity contribution is -0.384. The maximum atomic E-state index is 13.1. The Morgan fingerprint density at radius 1 is 1.24 bits per heavy atom. The lowest BCUT2D eigenvalue weighted by Crippen LogP contribution is -2.53. The van der Waals surface area contributed by atoms with Crippen molar-refractivity contribution in [1.29, 1.82) is 0 Å². The SMILES string of the molecule is Cl.Cn1cc(C(=O)NC2C3CCCC2CC(N)C3)c(-c2ccc([N+](=O)[O-])cc2)n1. The predicted octanol–water partition coefficient (Wildman–Crippen LogP) is 3.05. The van der Waals surface area contributed by atoms with E-state index in [4.69, 9.17) is 5.73 Å². The Morgan fingerprint density at radius 2 is 1.86 bits per heavy atom. The molecule has 2 aliphatic carbocycles. The zero-order chi connectivity index (χ0) is 19.8. The summed E-state index contributed by atoms with van der Waals surface area (Å²) in [5.41, 5.74) is 7.91. The summed E-state index contributed by atoms with van der Waals surface area (Å²) in [6, 6.07) is 6.51. The Labute approximate surface area is 175 Å². The minimum atomic E-state index is -0.442. The van der Waals surface area contributed by atoms with E-state index in [1.807, 2.05) is 0 Å². The Hall–Kier alpha value is -2.45. The summed E-state index contributed by atoms with van der Waals surface area (Å²) >= 11 is 0. The molecule has 2 atom stereocenters. The van der Waals surface area contributed by atoms with E-state index in [1.54, 1.807) is 30.1 Å². The largest absolute Gasteiger partial charge is 0.349 e. The Morgan fingerprint density at radius 3 is 2.45 bits per heavy atom. The molecule has 0 aliphatic heterocycles. The summed E-state index contributed by atoms with van der Waals surface area (Å²) in [5.74, 6) is 0.732. The van der Waals surface area contributed by atoms with Crippen LogP contribution in [0.15, 0.2) is 30.5 Å². The van der Waals surface area contributed by atoms with Gasteiger partial charge in [0.2, 0.25) is 0 Å².